The van der Waals surface area contributed by atoms with Gasteiger partial charge in [0.05, 0.1) is 9.47 Å². The predicted octanol–water partition coefficient (Wildman–Crippen LogP) is -0.206. The van der Waals surface area contributed by atoms with Crippen molar-refractivity contribution in [1.82, 2.24) is 4.67 Å². The fourth-order valence-electron chi connectivity index (χ4n) is 0.441. The minimum atomic E-state index is -0.176. The molecular formula is C3H7NO2P2. The van der Waals surface area contributed by atoms with E-state index in [0.29, 0.717) is 0 Å². The van der Waals surface area contributed by atoms with Gasteiger partial charge in [0.15, 0.2) is 0 Å². The summed E-state index contributed by atoms with van der Waals surface area (Å²) in [5.74, 6) is -0.176. The van der Waals surface area contributed by atoms with Crippen molar-refractivity contribution in [3.05, 3.63) is 0 Å². The van der Waals surface area contributed by atoms with Crippen molar-refractivity contribution >= 4 is 24.8 Å². The molecule has 0 bridgehead atoms. The van der Waals surface area contributed by atoms with Crippen molar-refractivity contribution in [2.45, 2.75) is 6.04 Å². The zero-order chi connectivity index (χ0) is 6.15. The lowest BCUT2D eigenvalue weighted by atomic mass is 10.5. The van der Waals surface area contributed by atoms with Crippen LogP contribution in [-0.2, 0) is 9.32 Å². The molecule has 0 saturated carbocycles. The molecule has 1 rings (SSSR count). The summed E-state index contributed by atoms with van der Waals surface area (Å²) in [6.45, 7) is 0.803. The van der Waals surface area contributed by atoms with Crippen LogP contribution in [0.2, 0.25) is 0 Å². The molecule has 0 aliphatic carbocycles. The van der Waals surface area contributed by atoms with Crippen molar-refractivity contribution in [3.8, 4) is 0 Å². The van der Waals surface area contributed by atoms with E-state index in [1.807, 2.05) is 14.1 Å². The van der Waals surface area contributed by atoms with Crippen LogP contribution in [0.3, 0.4) is 0 Å². The molecule has 0 spiro atoms. The largest absolute Gasteiger partial charge is 0.450 e. The maximum Gasteiger partial charge on any atom is 0.327 e. The molecule has 1 fully saturated rings. The Bertz CT molecular complexity index is 118. The van der Waals surface area contributed by atoms with Gasteiger partial charge in [-0.1, -0.05) is 9.39 Å². The molecule has 0 aromatic carbocycles. The van der Waals surface area contributed by atoms with Crippen LogP contribution in [0.4, 0.5) is 0 Å². The fraction of sp³-hybridized carbons (Fsp3) is 0.667. The predicted molar refractivity (Wildman–Crippen MR) is 36.0 cm³/mol. The van der Waals surface area contributed by atoms with Gasteiger partial charge in [0, 0.05) is 6.54 Å². The van der Waals surface area contributed by atoms with Crippen molar-refractivity contribution < 1.29 is 9.32 Å². The Balaban J connectivity index is 2.28. The van der Waals surface area contributed by atoms with E-state index < -0.39 is 0 Å². The van der Waals surface area contributed by atoms with Crippen LogP contribution in [0, 0.1) is 0 Å². The van der Waals surface area contributed by atoms with Crippen LogP contribution in [0.25, 0.3) is 0 Å². The van der Waals surface area contributed by atoms with E-state index in [1.165, 1.54) is 0 Å². The van der Waals surface area contributed by atoms with Gasteiger partial charge in [-0.3, -0.25) is 9.46 Å². The Morgan fingerprint density at radius 3 is 2.50 bits per heavy atom. The molecule has 4 atom stereocenters. The van der Waals surface area contributed by atoms with Crippen LogP contribution in [0.15, 0.2) is 0 Å². The normalized spacial score (nSPS) is 34.2. The lowest BCUT2D eigenvalue weighted by molar-refractivity contribution is -0.133. The molecule has 1 aliphatic rings. The molecule has 1 aliphatic heterocycles. The summed E-state index contributed by atoms with van der Waals surface area (Å²) in [4.78, 5) is 10.5. The minimum absolute atomic E-state index is 0.00231. The molecule has 1 saturated heterocycles. The van der Waals surface area contributed by atoms with E-state index in [0.717, 1.165) is 6.54 Å². The standard InChI is InChI=1S/C3H7NO2P2/c5-3(6-8)2-1-4(2)7/h2H,1,7-8H2. The second-order valence-electron chi connectivity index (χ2n) is 1.65. The highest BCUT2D eigenvalue weighted by atomic mass is 31.0. The molecule has 0 aromatic rings. The number of rotatable bonds is 1. The van der Waals surface area contributed by atoms with Gasteiger partial charge in [-0.2, -0.15) is 0 Å². The van der Waals surface area contributed by atoms with E-state index in [-0.39, 0.29) is 12.0 Å². The van der Waals surface area contributed by atoms with Gasteiger partial charge in [0.25, 0.3) is 0 Å². The summed E-state index contributed by atoms with van der Waals surface area (Å²) >= 11 is 0. The van der Waals surface area contributed by atoms with E-state index in [4.69, 9.17) is 0 Å². The second kappa shape index (κ2) is 2.26. The van der Waals surface area contributed by atoms with Crippen LogP contribution in [0.5, 0.6) is 0 Å². The Labute approximate surface area is 52.3 Å². The van der Waals surface area contributed by atoms with E-state index in [9.17, 15) is 4.79 Å². The van der Waals surface area contributed by atoms with Gasteiger partial charge in [-0.15, -0.1) is 0 Å². The third-order valence-corrected chi connectivity index (χ3v) is 1.84. The topological polar surface area (TPSA) is 29.3 Å². The molecule has 0 N–H and O–H groups in total. The summed E-state index contributed by atoms with van der Waals surface area (Å²) in [5, 5.41) is 0. The van der Waals surface area contributed by atoms with E-state index in [1.54, 1.807) is 0 Å². The fourth-order valence-corrected chi connectivity index (χ4v) is 0.920. The molecule has 0 radical (unpaired) electrons. The first kappa shape index (κ1) is 6.41. The third kappa shape index (κ3) is 1.17. The van der Waals surface area contributed by atoms with Crippen LogP contribution in [0.1, 0.15) is 0 Å². The summed E-state index contributed by atoms with van der Waals surface area (Å²) in [6, 6.07) is -0.00231. The highest BCUT2D eigenvalue weighted by Crippen LogP contribution is 2.23. The first-order valence-electron chi connectivity index (χ1n) is 2.17. The quantitative estimate of drug-likeness (QED) is 0.383. The van der Waals surface area contributed by atoms with Crippen LogP contribution < -0.4 is 0 Å². The van der Waals surface area contributed by atoms with Gasteiger partial charge >= 0.3 is 5.97 Å². The van der Waals surface area contributed by atoms with Crippen molar-refractivity contribution in [2.24, 2.45) is 0 Å². The zero-order valence-electron chi connectivity index (χ0n) is 4.20. The summed E-state index contributed by atoms with van der Waals surface area (Å²) in [6.07, 6.45) is 0. The maximum absolute atomic E-state index is 10.5. The lowest BCUT2D eigenvalue weighted by Gasteiger charge is -1.91. The highest BCUT2D eigenvalue weighted by molar-refractivity contribution is 7.14. The number of hydrogen-bond acceptors (Lipinski definition) is 3. The SMILES string of the molecule is O=C(OP)C1CN1P. The molecule has 8 heavy (non-hydrogen) atoms. The van der Waals surface area contributed by atoms with Gasteiger partial charge < -0.3 is 4.52 Å². The Morgan fingerprint density at radius 2 is 2.38 bits per heavy atom. The average molecular weight is 151 g/mol. The first-order valence-corrected chi connectivity index (χ1v) is 3.16. The van der Waals surface area contributed by atoms with Crippen molar-refractivity contribution in [2.75, 3.05) is 6.54 Å². The Morgan fingerprint density at radius 1 is 1.88 bits per heavy atom. The Hall–Kier alpha value is 0.290. The van der Waals surface area contributed by atoms with Crippen molar-refractivity contribution in [3.63, 3.8) is 0 Å². The van der Waals surface area contributed by atoms with Gasteiger partial charge in [-0.25, -0.2) is 0 Å². The molecule has 1 heterocycles. The average Bonchev–Trinajstić information content (AvgIpc) is 2.45. The summed E-state index contributed by atoms with van der Waals surface area (Å²) in [5.41, 5.74) is 0. The smallest absolute Gasteiger partial charge is 0.327 e. The van der Waals surface area contributed by atoms with Gasteiger partial charge in [-0.05, 0) is 0 Å². The van der Waals surface area contributed by atoms with E-state index in [2.05, 4.69) is 13.9 Å². The maximum atomic E-state index is 10.5. The van der Waals surface area contributed by atoms with Gasteiger partial charge in [0.1, 0.15) is 6.04 Å². The second-order valence-corrected chi connectivity index (χ2v) is 2.55. The number of carbonyl (C=O) groups is 1. The first-order chi connectivity index (χ1) is 3.75. The van der Waals surface area contributed by atoms with Crippen LogP contribution in [-0.4, -0.2) is 23.2 Å². The van der Waals surface area contributed by atoms with E-state index >= 15 is 0 Å². The minimum Gasteiger partial charge on any atom is -0.450 e. The highest BCUT2D eigenvalue weighted by Gasteiger charge is 2.38. The lowest BCUT2D eigenvalue weighted by Crippen LogP contribution is -2.07. The number of nitrogens with zero attached hydrogens (tertiary/aromatic N) is 1. The molecule has 5 heteroatoms. The molecule has 4 unspecified atom stereocenters. The van der Waals surface area contributed by atoms with Gasteiger partial charge in [0.2, 0.25) is 0 Å². The van der Waals surface area contributed by atoms with Crippen LogP contribution >= 0.6 is 18.9 Å². The molecule has 3 nitrogen and oxygen atoms in total. The summed E-state index contributed by atoms with van der Waals surface area (Å²) in [7, 11) is 4.36. The Kier molecular flexibility index (Phi) is 1.81. The third-order valence-electron chi connectivity index (χ3n) is 1.04. The molecule has 0 amide bonds. The summed E-state index contributed by atoms with van der Waals surface area (Å²) < 4.78 is 6.19. The van der Waals surface area contributed by atoms with Crippen molar-refractivity contribution in [1.29, 1.82) is 0 Å². The molecule has 46 valence electrons. The molecular weight excluding hydrogens is 144 g/mol. The number of carbonyl (C=O) groups excluding carboxylic acids is 1. The number of hydrogen-bond donors (Lipinski definition) is 0. The zero-order valence-corrected chi connectivity index (χ0v) is 6.51. The molecule has 0 aromatic heterocycles. The monoisotopic (exact) mass is 151 g/mol.